The minimum atomic E-state index is -1.02. The van der Waals surface area contributed by atoms with Crippen LogP contribution in [0.15, 0.2) is 261 Å². The van der Waals surface area contributed by atoms with Crippen LogP contribution in [0, 0.1) is 0 Å². The summed E-state index contributed by atoms with van der Waals surface area (Å²) in [5.41, 5.74) is 15.2. The zero-order valence-electron chi connectivity index (χ0n) is 65.6. The Labute approximate surface area is 697 Å². The van der Waals surface area contributed by atoms with Gasteiger partial charge in [-0.05, 0) is 202 Å². The Bertz CT molecular complexity index is 5400. The number of hydrogen-bond acceptors (Lipinski definition) is 23. The molecule has 0 aliphatic carbocycles. The molecule has 0 radical (unpaired) electrons. The predicted octanol–water partition coefficient (Wildman–Crippen LogP) is 17.6. The first kappa shape index (κ1) is 92.3. The molecule has 0 unspecified atom stereocenters. The number of phenols is 13. The van der Waals surface area contributed by atoms with Crippen LogP contribution in [-0.2, 0) is 32.0 Å². The number of aldehydes is 2. The van der Waals surface area contributed by atoms with Gasteiger partial charge in [0, 0.05) is 49.2 Å². The molecule has 624 valence electrons. The molecule has 0 bridgehead atoms. The molecule has 0 aliphatic rings. The third-order valence-electron chi connectivity index (χ3n) is 16.7. The van der Waals surface area contributed by atoms with Crippen molar-refractivity contribution < 1.29 is 115 Å². The molecule has 25 nitrogen and oxygen atoms in total. The van der Waals surface area contributed by atoms with E-state index < -0.39 is 24.0 Å². The summed E-state index contributed by atoms with van der Waals surface area (Å²) < 4.78 is 10.2. The van der Waals surface area contributed by atoms with Crippen molar-refractivity contribution in [2.24, 2.45) is 0 Å². The van der Waals surface area contributed by atoms with Crippen molar-refractivity contribution in [1.82, 2.24) is 11.0 Å². The fraction of sp³-hybridized carbons (Fsp3) is 0.104. The summed E-state index contributed by atoms with van der Waals surface area (Å²) in [6.07, 6.45) is 20.7. The number of hydroxylamine groups is 2. The second-order valence-electron chi connectivity index (χ2n) is 26.4. The average molecular weight is 1640 g/mol. The van der Waals surface area contributed by atoms with Gasteiger partial charge in [0.05, 0.1) is 26.3 Å². The Kier molecular flexibility index (Phi) is 37.5. The Hall–Kier alpha value is -15.9. The maximum Gasteiger partial charge on any atom is 0.303 e. The number of aliphatic carboxylic acids is 2. The van der Waals surface area contributed by atoms with Gasteiger partial charge in [0.25, 0.3) is 0 Å². The summed E-state index contributed by atoms with van der Waals surface area (Å²) in [6, 6.07) is 72.0. The third kappa shape index (κ3) is 35.8. The molecule has 2 atom stereocenters. The van der Waals surface area contributed by atoms with Crippen LogP contribution in [0.1, 0.15) is 92.4 Å². The highest BCUT2D eigenvalue weighted by atomic mass is 16.7. The van der Waals surface area contributed by atoms with Crippen molar-refractivity contribution in [2.75, 3.05) is 14.2 Å². The first-order valence-corrected chi connectivity index (χ1v) is 37.2. The fourth-order valence-electron chi connectivity index (χ4n) is 10.8. The van der Waals surface area contributed by atoms with Crippen molar-refractivity contribution >= 4 is 85.3 Å². The summed E-state index contributed by atoms with van der Waals surface area (Å²) in [7, 11) is 3.04. The summed E-state index contributed by atoms with van der Waals surface area (Å²) in [6.45, 7) is 0. The van der Waals surface area contributed by atoms with E-state index in [0.29, 0.717) is 46.3 Å². The number of carboxylic acids is 2. The summed E-state index contributed by atoms with van der Waals surface area (Å²) in [5.74, 6) is -0.288. The number of phenolic OH excluding ortho intramolecular Hbond substituents is 13. The first-order valence-electron chi connectivity index (χ1n) is 37.2. The number of aromatic hydroxyl groups is 13. The third-order valence-corrected chi connectivity index (χ3v) is 16.7. The molecule has 12 aromatic carbocycles. The van der Waals surface area contributed by atoms with Gasteiger partial charge in [-0.2, -0.15) is 0 Å². The highest BCUT2D eigenvalue weighted by Crippen LogP contribution is 2.32. The lowest BCUT2D eigenvalue weighted by Gasteiger charge is -2.13. The van der Waals surface area contributed by atoms with Gasteiger partial charge in [0.1, 0.15) is 75.8 Å². The molecular formula is C96H92N2O23. The van der Waals surface area contributed by atoms with E-state index in [4.69, 9.17) is 34.5 Å². The summed E-state index contributed by atoms with van der Waals surface area (Å²) in [5, 5.41) is 140. The Balaban J connectivity index is 0.000000203. The number of rotatable bonds is 29. The Morgan fingerprint density at radius 3 is 0.983 bits per heavy atom. The maximum absolute atomic E-state index is 11.0. The minimum Gasteiger partial charge on any atom is -0.508 e. The molecule has 121 heavy (non-hydrogen) atoms. The van der Waals surface area contributed by atoms with Crippen LogP contribution in [0.4, 0.5) is 0 Å². The second kappa shape index (κ2) is 49.1. The van der Waals surface area contributed by atoms with Crippen molar-refractivity contribution in [3.05, 3.63) is 328 Å². The topological polar surface area (TPSA) is 433 Å². The van der Waals surface area contributed by atoms with E-state index in [0.717, 1.165) is 51.8 Å². The highest BCUT2D eigenvalue weighted by molar-refractivity contribution is 5.76. The van der Waals surface area contributed by atoms with E-state index in [1.807, 2.05) is 115 Å². The van der Waals surface area contributed by atoms with Crippen LogP contribution >= 0.6 is 0 Å². The van der Waals surface area contributed by atoms with Crippen molar-refractivity contribution in [3.63, 3.8) is 0 Å². The molecule has 0 spiro atoms. The number of hydrogen-bond donors (Lipinski definition) is 17. The van der Waals surface area contributed by atoms with Crippen LogP contribution in [0.25, 0.3) is 60.8 Å². The van der Waals surface area contributed by atoms with Gasteiger partial charge < -0.3 is 105 Å². The largest absolute Gasteiger partial charge is 0.508 e. The average Bonchev–Trinajstić information content (AvgIpc) is 0.863. The van der Waals surface area contributed by atoms with Gasteiger partial charge in [-0.1, -0.05) is 176 Å². The van der Waals surface area contributed by atoms with Crippen LogP contribution in [0.2, 0.25) is 0 Å². The van der Waals surface area contributed by atoms with Gasteiger partial charge in [0.15, 0.2) is 34.5 Å². The van der Waals surface area contributed by atoms with Crippen LogP contribution in [0.5, 0.6) is 97.7 Å². The van der Waals surface area contributed by atoms with E-state index in [1.165, 1.54) is 73.3 Å². The second-order valence-corrected chi connectivity index (χ2v) is 26.4. The lowest BCUT2D eigenvalue weighted by Crippen LogP contribution is -2.33. The molecule has 0 heterocycles. The van der Waals surface area contributed by atoms with Gasteiger partial charge in [-0.3, -0.25) is 9.59 Å². The number of aryl methyl sites for hydroxylation is 2. The predicted molar refractivity (Wildman–Crippen MR) is 465 cm³/mol. The number of ether oxygens (including phenoxy) is 2. The van der Waals surface area contributed by atoms with Crippen molar-refractivity contribution in [2.45, 2.75) is 50.6 Å². The van der Waals surface area contributed by atoms with Crippen molar-refractivity contribution in [3.8, 4) is 97.7 Å². The molecule has 12 rings (SSSR count). The monoisotopic (exact) mass is 1640 g/mol. The number of methoxy groups -OCH3 is 2. The number of carboxylic acid groups (broad SMARTS) is 2. The normalized spacial score (nSPS) is 11.2. The number of benzene rings is 12. The van der Waals surface area contributed by atoms with Crippen LogP contribution < -0.4 is 30.1 Å². The molecule has 0 saturated carbocycles. The van der Waals surface area contributed by atoms with Gasteiger partial charge in [-0.15, -0.1) is 11.0 Å². The van der Waals surface area contributed by atoms with E-state index in [2.05, 4.69) is 23.1 Å². The number of carbonyl (C=O) groups is 4. The zero-order chi connectivity index (χ0) is 87.4. The van der Waals surface area contributed by atoms with Crippen LogP contribution in [0.3, 0.4) is 0 Å². The molecule has 0 saturated heterocycles. The van der Waals surface area contributed by atoms with E-state index in [1.54, 1.807) is 141 Å². The standard InChI is InChI=1S/C20H21NO7.C19H19NO7.C15H14O2.C14H12O3.C14H14O2.C14H12O2/c1-27-19-10-13(4-6-18(19)24)2-3-14-8-16(23)11-17(9-14)28-21-15(12-22)5-7-20(25)26;21-11-14(4-6-19(25)26)20-27-16-8-13(7-15(22)10-16)2-1-12-3-5-17(23)18(24)9-12;1-17-15-10-13(9-14(16)11-15)8-7-12-5-3-2-4-6-12;15-12-5-3-10(4-6-12)1-2-11-7-13(16)9-14(17)8-11;2*15-13-8-12(9-14(16)10-13)7-6-11-4-2-1-3-5-11/h2-4,6,8-12,15,21,23-24H,5,7H2,1H3,(H,25,26);1-3,5,7-11,14,20,22-24H,4,6H2,(H,25,26);2-11,16H,1H3;1-9,15-17H;1-5,8-10,15-16H,6-7H2;1-10,15-16H/b3-2+;2-1+;8-7+;2-1+;;7-6+/t15-;14-;;;;/m00..../s1. The van der Waals surface area contributed by atoms with Crippen molar-refractivity contribution in [1.29, 1.82) is 0 Å². The SMILES string of the molecule is COc1cc(/C=C/c2cc(O)cc(ON[C@H](C=O)CCC(=O)O)c2)ccc1O.COc1cc(O)cc(/C=C/c2ccccc2)c1.O=C[C@H](CCC(=O)O)NOc1cc(O)cc(/C=C/c2ccc(O)c(O)c2)c1.Oc1cc(O)cc(/C=C/c2ccccc2)c1.Oc1cc(O)cc(CCc2ccccc2)c1.Oc1ccc(/C=C/c2cc(O)cc(O)c2)cc1. The highest BCUT2D eigenvalue weighted by Gasteiger charge is 2.14. The van der Waals surface area contributed by atoms with Gasteiger partial charge in [0.2, 0.25) is 0 Å². The smallest absolute Gasteiger partial charge is 0.303 e. The molecule has 0 amide bonds. The zero-order valence-corrected chi connectivity index (χ0v) is 65.6. The lowest BCUT2D eigenvalue weighted by atomic mass is 10.0. The fourth-order valence-corrected chi connectivity index (χ4v) is 10.8. The van der Waals surface area contributed by atoms with Gasteiger partial charge >= 0.3 is 11.9 Å². The molecule has 0 aliphatic heterocycles. The van der Waals surface area contributed by atoms with E-state index in [9.17, 15) is 80.5 Å². The van der Waals surface area contributed by atoms with Gasteiger partial charge in [-0.25, -0.2) is 0 Å². The number of nitrogens with one attached hydrogen (secondary N) is 2. The Morgan fingerprint density at radius 2 is 0.603 bits per heavy atom. The molecule has 12 aromatic rings. The lowest BCUT2D eigenvalue weighted by molar-refractivity contribution is -0.138. The molecule has 0 aromatic heterocycles. The summed E-state index contributed by atoms with van der Waals surface area (Å²) in [4.78, 5) is 53.6. The van der Waals surface area contributed by atoms with E-state index in [-0.39, 0.29) is 112 Å². The maximum atomic E-state index is 11.0. The molecule has 0 fully saturated rings. The molecular weight excluding hydrogens is 1550 g/mol. The molecule has 25 heteroatoms. The molecule has 17 N–H and O–H groups in total. The summed E-state index contributed by atoms with van der Waals surface area (Å²) >= 11 is 0. The minimum absolute atomic E-state index is 0.0235. The quantitative estimate of drug-likeness (QED) is 0.00896. The first-order chi connectivity index (χ1) is 58.2. The van der Waals surface area contributed by atoms with Crippen LogP contribution in [-0.4, -0.2) is 127 Å². The number of carbonyl (C=O) groups excluding carboxylic acids is 2. The van der Waals surface area contributed by atoms with E-state index >= 15 is 0 Å². The Morgan fingerprint density at radius 1 is 0.289 bits per heavy atom.